The fraction of sp³-hybridized carbons (Fsp3) is 0.310. The highest BCUT2D eigenvalue weighted by Crippen LogP contribution is 2.56. The van der Waals surface area contributed by atoms with Crippen molar-refractivity contribution in [2.24, 2.45) is 11.8 Å². The minimum absolute atomic E-state index is 0.0272. The number of carbonyl (C=O) groups is 2. The number of rotatable bonds is 4. The highest BCUT2D eigenvalue weighted by Gasteiger charge is 2.65. The third-order valence-electron chi connectivity index (χ3n) is 8.11. The van der Waals surface area contributed by atoms with Crippen molar-refractivity contribution in [3.63, 3.8) is 0 Å². The molecule has 3 aliphatic carbocycles. The second-order valence-electron chi connectivity index (χ2n) is 10.4. The van der Waals surface area contributed by atoms with E-state index < -0.39 is 40.8 Å². The van der Waals surface area contributed by atoms with Gasteiger partial charge in [0.1, 0.15) is 23.7 Å². The molecule has 0 amide bonds. The van der Waals surface area contributed by atoms with Crippen molar-refractivity contribution >= 4 is 17.3 Å². The third kappa shape index (κ3) is 3.44. The van der Waals surface area contributed by atoms with Crippen molar-refractivity contribution in [2.75, 3.05) is 14.1 Å². The van der Waals surface area contributed by atoms with Gasteiger partial charge in [0.2, 0.25) is 11.6 Å². The van der Waals surface area contributed by atoms with Crippen molar-refractivity contribution in [1.29, 1.82) is 5.26 Å². The van der Waals surface area contributed by atoms with Crippen LogP contribution in [0.4, 0.5) is 0 Å². The van der Waals surface area contributed by atoms with Crippen LogP contribution in [0.5, 0.6) is 11.6 Å². The number of ketones is 2. The standard InChI is InChI=1S/C29H25N3O7/c1-32(2)23-18-11-16-10-17-15(12-30)8-9-19(33)21(17)24(34)20(16)26(35)29(18,37)27(36)22-25(23)39-31-28(22)38-13-14-6-4-3-5-7-14/h3-9,16,18,23,33-34,37H,10-11,13H2,1-2H3/t16-,18-,23-,29-/m0/s1. The lowest BCUT2D eigenvalue weighted by Crippen LogP contribution is -2.63. The van der Waals surface area contributed by atoms with Crippen molar-refractivity contribution in [2.45, 2.75) is 31.1 Å². The average molecular weight is 528 g/mol. The van der Waals surface area contributed by atoms with Crippen LogP contribution in [0.25, 0.3) is 5.76 Å². The Hall–Kier alpha value is -4.46. The second kappa shape index (κ2) is 8.80. The maximum absolute atomic E-state index is 14.1. The summed E-state index contributed by atoms with van der Waals surface area (Å²) >= 11 is 0. The first-order valence-electron chi connectivity index (χ1n) is 12.5. The lowest BCUT2D eigenvalue weighted by molar-refractivity contribution is -0.142. The van der Waals surface area contributed by atoms with E-state index in [1.54, 1.807) is 19.0 Å². The molecule has 0 radical (unpaired) electrons. The number of nitriles is 1. The van der Waals surface area contributed by atoms with E-state index in [9.17, 15) is 30.2 Å². The molecule has 0 spiro atoms. The summed E-state index contributed by atoms with van der Waals surface area (Å²) < 4.78 is 11.4. The van der Waals surface area contributed by atoms with Gasteiger partial charge >= 0.3 is 0 Å². The summed E-state index contributed by atoms with van der Waals surface area (Å²) in [5, 5.41) is 47.3. The number of aliphatic hydroxyl groups is 2. The molecule has 0 aliphatic heterocycles. The van der Waals surface area contributed by atoms with Crippen molar-refractivity contribution < 1.29 is 34.2 Å². The van der Waals surface area contributed by atoms with Crippen LogP contribution in [0, 0.1) is 23.2 Å². The number of aromatic nitrogens is 1. The summed E-state index contributed by atoms with van der Waals surface area (Å²) in [6.45, 7) is 0.0842. The lowest BCUT2D eigenvalue weighted by atomic mass is 9.57. The summed E-state index contributed by atoms with van der Waals surface area (Å²) in [6.07, 6.45) is 0.309. The second-order valence-corrected chi connectivity index (χ2v) is 10.4. The number of aromatic hydroxyl groups is 1. The molecule has 10 nitrogen and oxygen atoms in total. The summed E-state index contributed by atoms with van der Waals surface area (Å²) in [5.41, 5.74) is -1.29. The molecule has 10 heteroatoms. The molecule has 198 valence electrons. The lowest BCUT2D eigenvalue weighted by Gasteiger charge is -2.49. The number of hydrogen-bond acceptors (Lipinski definition) is 10. The van der Waals surface area contributed by atoms with E-state index in [0.717, 1.165) is 5.56 Å². The molecule has 1 heterocycles. The first-order valence-corrected chi connectivity index (χ1v) is 12.5. The van der Waals surface area contributed by atoms with Gasteiger partial charge in [0.25, 0.3) is 5.88 Å². The van der Waals surface area contributed by atoms with Crippen LogP contribution in [0.1, 0.15) is 50.8 Å². The SMILES string of the molecule is CN(C)[C@@H]1c2onc(OCc3ccccc3)c2C(=O)[C@@]2(O)C(=O)C3=C(O)c4c(O)ccc(C#N)c4C[C@H]3C[C@@H]12. The van der Waals surface area contributed by atoms with Crippen LogP contribution in [0.2, 0.25) is 0 Å². The molecule has 0 saturated heterocycles. The Labute approximate surface area is 223 Å². The van der Waals surface area contributed by atoms with E-state index >= 15 is 0 Å². The molecule has 4 atom stereocenters. The Kier molecular flexibility index (Phi) is 5.61. The van der Waals surface area contributed by atoms with Crippen molar-refractivity contribution in [1.82, 2.24) is 10.1 Å². The monoisotopic (exact) mass is 527 g/mol. The highest BCUT2D eigenvalue weighted by molar-refractivity contribution is 6.26. The maximum atomic E-state index is 14.1. The van der Waals surface area contributed by atoms with Crippen LogP contribution in [0.15, 0.2) is 52.6 Å². The van der Waals surface area contributed by atoms with Gasteiger partial charge in [0, 0.05) is 11.5 Å². The van der Waals surface area contributed by atoms with Gasteiger partial charge in [-0.05, 0) is 61.3 Å². The summed E-state index contributed by atoms with van der Waals surface area (Å²) in [6, 6.07) is 13.3. The van der Waals surface area contributed by atoms with Gasteiger partial charge in [-0.3, -0.25) is 14.5 Å². The Morgan fingerprint density at radius 1 is 1.13 bits per heavy atom. The fourth-order valence-corrected chi connectivity index (χ4v) is 6.36. The number of ether oxygens (including phenoxy) is 1. The summed E-state index contributed by atoms with van der Waals surface area (Å²) in [4.78, 5) is 29.8. The van der Waals surface area contributed by atoms with Crippen LogP contribution in [0.3, 0.4) is 0 Å². The van der Waals surface area contributed by atoms with E-state index in [2.05, 4.69) is 11.2 Å². The van der Waals surface area contributed by atoms with Gasteiger partial charge in [0.15, 0.2) is 11.4 Å². The minimum Gasteiger partial charge on any atom is -0.507 e. The van der Waals surface area contributed by atoms with E-state index in [-0.39, 0.29) is 59.1 Å². The zero-order valence-corrected chi connectivity index (χ0v) is 21.2. The first-order chi connectivity index (χ1) is 18.7. The third-order valence-corrected chi connectivity index (χ3v) is 8.11. The van der Waals surface area contributed by atoms with Gasteiger partial charge < -0.3 is 24.6 Å². The zero-order chi connectivity index (χ0) is 27.6. The molecule has 3 aliphatic rings. The Balaban J connectivity index is 1.47. The number of hydrogen-bond donors (Lipinski definition) is 3. The average Bonchev–Trinajstić information content (AvgIpc) is 3.33. The van der Waals surface area contributed by atoms with Crippen LogP contribution >= 0.6 is 0 Å². The summed E-state index contributed by atoms with van der Waals surface area (Å²) in [7, 11) is 3.49. The minimum atomic E-state index is -2.53. The predicted octanol–water partition coefficient (Wildman–Crippen LogP) is 3.09. The van der Waals surface area contributed by atoms with E-state index in [4.69, 9.17) is 9.26 Å². The number of fused-ring (bicyclic) bond motifs is 4. The first kappa shape index (κ1) is 24.9. The normalized spacial score (nSPS) is 25.5. The smallest absolute Gasteiger partial charge is 0.265 e. The van der Waals surface area contributed by atoms with E-state index in [0.29, 0.717) is 5.56 Å². The number of nitrogens with zero attached hydrogens (tertiary/aromatic N) is 3. The number of phenolic OH excluding ortho intramolecular Hbond substituents is 1. The van der Waals surface area contributed by atoms with Crippen LogP contribution < -0.4 is 4.74 Å². The molecule has 3 aromatic rings. The molecule has 2 aromatic carbocycles. The molecule has 3 N–H and O–H groups in total. The van der Waals surface area contributed by atoms with Crippen molar-refractivity contribution in [3.05, 3.63) is 81.6 Å². The van der Waals surface area contributed by atoms with Gasteiger partial charge in [-0.15, -0.1) is 0 Å². The zero-order valence-electron chi connectivity index (χ0n) is 21.2. The molecule has 1 saturated carbocycles. The van der Waals surface area contributed by atoms with Gasteiger partial charge in [-0.25, -0.2) is 0 Å². The quantitative estimate of drug-likeness (QED) is 0.431. The van der Waals surface area contributed by atoms with E-state index in [1.807, 2.05) is 30.3 Å². The number of Topliss-reactive ketones (excluding diaryl/α,β-unsaturated/α-hetero) is 2. The topological polar surface area (TPSA) is 157 Å². The number of carbonyl (C=O) groups excluding carboxylic acids is 2. The van der Waals surface area contributed by atoms with Crippen LogP contribution in [-0.2, 0) is 17.8 Å². The number of phenols is 1. The fourth-order valence-electron chi connectivity index (χ4n) is 6.36. The Morgan fingerprint density at radius 3 is 2.56 bits per heavy atom. The molecule has 39 heavy (non-hydrogen) atoms. The largest absolute Gasteiger partial charge is 0.507 e. The number of benzene rings is 2. The molecule has 0 unspecified atom stereocenters. The van der Waals surface area contributed by atoms with E-state index in [1.165, 1.54) is 12.1 Å². The van der Waals surface area contributed by atoms with Gasteiger partial charge in [-0.2, -0.15) is 5.26 Å². The molecular formula is C29H25N3O7. The molecular weight excluding hydrogens is 502 g/mol. The van der Waals surface area contributed by atoms with Crippen LogP contribution in [-0.4, -0.2) is 56.6 Å². The number of aliphatic hydroxyl groups excluding tert-OH is 1. The molecule has 0 bridgehead atoms. The van der Waals surface area contributed by atoms with Gasteiger partial charge in [-0.1, -0.05) is 30.3 Å². The summed E-state index contributed by atoms with van der Waals surface area (Å²) in [5.74, 6) is -4.14. The molecule has 1 fully saturated rings. The molecule has 6 rings (SSSR count). The van der Waals surface area contributed by atoms with Crippen molar-refractivity contribution in [3.8, 4) is 17.7 Å². The molecule has 1 aromatic heterocycles. The van der Waals surface area contributed by atoms with Gasteiger partial charge in [0.05, 0.1) is 23.2 Å². The maximum Gasteiger partial charge on any atom is 0.265 e. The predicted molar refractivity (Wildman–Crippen MR) is 136 cm³/mol. The Morgan fingerprint density at radius 2 is 1.87 bits per heavy atom. The Bertz CT molecular complexity index is 1600. The highest BCUT2D eigenvalue weighted by atomic mass is 16.5.